The van der Waals surface area contributed by atoms with E-state index in [9.17, 15) is 33.3 Å². The van der Waals surface area contributed by atoms with Gasteiger partial charge in [0.05, 0.1) is 16.1 Å². The number of ether oxygens (including phenoxy) is 1. The van der Waals surface area contributed by atoms with Crippen molar-refractivity contribution >= 4 is 17.3 Å². The fourth-order valence-corrected chi connectivity index (χ4v) is 2.42. The minimum Gasteiger partial charge on any atom is -0.467 e. The van der Waals surface area contributed by atoms with Crippen molar-refractivity contribution in [3.8, 4) is 11.9 Å². The lowest BCUT2D eigenvalue weighted by Gasteiger charge is -2.12. The van der Waals surface area contributed by atoms with Gasteiger partial charge in [-0.3, -0.25) is 14.9 Å². The molecule has 11 heteroatoms. The Balaban J connectivity index is 2.16. The molecule has 0 saturated carbocycles. The number of hydrogen-bond acceptors (Lipinski definition) is 6. The highest BCUT2D eigenvalue weighted by atomic mass is 19.4. The lowest BCUT2D eigenvalue weighted by Crippen LogP contribution is -2.21. The van der Waals surface area contributed by atoms with E-state index in [0.29, 0.717) is 0 Å². The van der Waals surface area contributed by atoms with Crippen molar-refractivity contribution in [2.24, 2.45) is 0 Å². The number of benzene rings is 1. The maximum atomic E-state index is 12.7. The second-order valence-electron chi connectivity index (χ2n) is 5.64. The number of anilines is 1. The predicted octanol–water partition coefficient (Wildman–Crippen LogP) is 3.51. The molecule has 1 heterocycles. The summed E-state index contributed by atoms with van der Waals surface area (Å²) in [6.07, 6.45) is -4.56. The number of hydrogen-bond donors (Lipinski definition) is 1. The molecule has 1 amide bonds. The summed E-state index contributed by atoms with van der Waals surface area (Å²) in [5, 5.41) is 22.5. The number of halogens is 3. The van der Waals surface area contributed by atoms with Crippen LogP contribution < -0.4 is 10.1 Å². The Morgan fingerprint density at radius 2 is 2.07 bits per heavy atom. The number of nitrogens with one attached hydrogen (secondary N) is 1. The number of nitrogens with zero attached hydrogens (tertiary/aromatic N) is 3. The molecule has 2 aromatic rings. The van der Waals surface area contributed by atoms with Crippen LogP contribution in [0.15, 0.2) is 24.3 Å². The molecule has 0 saturated heterocycles. The number of nitriles is 1. The first-order valence-corrected chi connectivity index (χ1v) is 7.70. The molecule has 146 valence electrons. The van der Waals surface area contributed by atoms with Gasteiger partial charge in [-0.1, -0.05) is 6.07 Å². The summed E-state index contributed by atoms with van der Waals surface area (Å²) >= 11 is 0. The quantitative estimate of drug-likeness (QED) is 0.612. The molecular weight excluding hydrogens is 381 g/mol. The number of pyridine rings is 1. The van der Waals surface area contributed by atoms with Gasteiger partial charge in [0, 0.05) is 5.69 Å². The summed E-state index contributed by atoms with van der Waals surface area (Å²) in [7, 11) is 0. The van der Waals surface area contributed by atoms with Crippen LogP contribution in [0.1, 0.15) is 22.4 Å². The summed E-state index contributed by atoms with van der Waals surface area (Å²) in [5.74, 6) is -1.07. The molecule has 2 rings (SSSR count). The van der Waals surface area contributed by atoms with Gasteiger partial charge in [0.25, 0.3) is 11.6 Å². The molecule has 1 N–H and O–H groups in total. The SMILES string of the molecule is Cc1nc(OCC(=O)Nc2cccc(C(F)(F)F)c2)c(C#N)c(C)c1[N+](=O)[O-]. The lowest BCUT2D eigenvalue weighted by atomic mass is 10.1. The summed E-state index contributed by atoms with van der Waals surface area (Å²) in [6.45, 7) is 2.04. The normalized spacial score (nSPS) is 10.9. The Kier molecular flexibility index (Phi) is 5.83. The van der Waals surface area contributed by atoms with Crippen molar-refractivity contribution in [3.05, 3.63) is 56.8 Å². The van der Waals surface area contributed by atoms with Crippen LogP contribution in [0.25, 0.3) is 0 Å². The Morgan fingerprint density at radius 3 is 2.64 bits per heavy atom. The third kappa shape index (κ3) is 4.53. The van der Waals surface area contributed by atoms with Crippen molar-refractivity contribution in [3.63, 3.8) is 0 Å². The van der Waals surface area contributed by atoms with Crippen molar-refractivity contribution in [2.45, 2.75) is 20.0 Å². The van der Waals surface area contributed by atoms with E-state index in [-0.39, 0.29) is 34.1 Å². The van der Waals surface area contributed by atoms with Gasteiger partial charge in [-0.2, -0.15) is 18.4 Å². The van der Waals surface area contributed by atoms with Gasteiger partial charge in [-0.15, -0.1) is 0 Å². The van der Waals surface area contributed by atoms with E-state index in [1.807, 2.05) is 0 Å². The molecule has 0 aliphatic carbocycles. The number of nitro groups is 1. The lowest BCUT2D eigenvalue weighted by molar-refractivity contribution is -0.386. The van der Waals surface area contributed by atoms with E-state index in [1.165, 1.54) is 19.9 Å². The van der Waals surface area contributed by atoms with Gasteiger partial charge in [0.15, 0.2) is 6.61 Å². The predicted molar refractivity (Wildman–Crippen MR) is 90.6 cm³/mol. The molecule has 0 aliphatic rings. The summed E-state index contributed by atoms with van der Waals surface area (Å²) in [5.41, 5.74) is -1.53. The second-order valence-corrected chi connectivity index (χ2v) is 5.64. The molecule has 0 radical (unpaired) electrons. The molecule has 1 aromatic heterocycles. The van der Waals surface area contributed by atoms with Crippen LogP contribution in [-0.2, 0) is 11.0 Å². The van der Waals surface area contributed by atoms with E-state index >= 15 is 0 Å². The highest BCUT2D eigenvalue weighted by molar-refractivity contribution is 5.92. The molecule has 0 aliphatic heterocycles. The topological polar surface area (TPSA) is 118 Å². The zero-order valence-corrected chi connectivity index (χ0v) is 14.6. The molecular formula is C17H13F3N4O4. The van der Waals surface area contributed by atoms with Crippen LogP contribution in [0.4, 0.5) is 24.5 Å². The molecule has 0 bridgehead atoms. The average Bonchev–Trinajstić information content (AvgIpc) is 2.59. The standard InChI is InChI=1S/C17H13F3N4O4/c1-9-13(7-21)16(22-10(2)15(9)24(26)27)28-8-14(25)23-12-5-3-4-11(6-12)17(18,19)20/h3-6H,8H2,1-2H3,(H,23,25). The van der Waals surface area contributed by atoms with Gasteiger partial charge >= 0.3 is 6.18 Å². The van der Waals surface area contributed by atoms with E-state index in [1.54, 1.807) is 6.07 Å². The average molecular weight is 394 g/mol. The molecule has 0 spiro atoms. The highest BCUT2D eigenvalue weighted by Crippen LogP contribution is 2.31. The van der Waals surface area contributed by atoms with Crippen LogP contribution in [0, 0.1) is 35.3 Å². The number of aromatic nitrogens is 1. The van der Waals surface area contributed by atoms with E-state index in [2.05, 4.69) is 10.3 Å². The third-order valence-electron chi connectivity index (χ3n) is 3.66. The third-order valence-corrected chi connectivity index (χ3v) is 3.66. The van der Waals surface area contributed by atoms with Crippen molar-refractivity contribution in [2.75, 3.05) is 11.9 Å². The summed E-state index contributed by atoms with van der Waals surface area (Å²) in [6, 6.07) is 5.76. The Hall–Kier alpha value is -3.68. The van der Waals surface area contributed by atoms with Crippen LogP contribution in [0.2, 0.25) is 0 Å². The Morgan fingerprint density at radius 1 is 1.39 bits per heavy atom. The zero-order valence-electron chi connectivity index (χ0n) is 14.6. The minimum absolute atomic E-state index is 0.00483. The monoisotopic (exact) mass is 394 g/mol. The van der Waals surface area contributed by atoms with Crippen LogP contribution >= 0.6 is 0 Å². The van der Waals surface area contributed by atoms with Gasteiger partial charge in [0.1, 0.15) is 17.3 Å². The molecule has 0 unspecified atom stereocenters. The number of amides is 1. The largest absolute Gasteiger partial charge is 0.467 e. The van der Waals surface area contributed by atoms with E-state index in [0.717, 1.165) is 18.2 Å². The smallest absolute Gasteiger partial charge is 0.416 e. The molecule has 0 fully saturated rings. The van der Waals surface area contributed by atoms with Crippen molar-refractivity contribution in [1.29, 1.82) is 5.26 Å². The molecule has 28 heavy (non-hydrogen) atoms. The van der Waals surface area contributed by atoms with Crippen molar-refractivity contribution in [1.82, 2.24) is 4.98 Å². The zero-order chi connectivity index (χ0) is 21.1. The first kappa shape index (κ1) is 20.6. The number of aryl methyl sites for hydroxylation is 1. The van der Waals surface area contributed by atoms with Gasteiger partial charge in [0.2, 0.25) is 5.88 Å². The summed E-state index contributed by atoms with van der Waals surface area (Å²) < 4.78 is 43.3. The van der Waals surface area contributed by atoms with Gasteiger partial charge in [-0.25, -0.2) is 4.98 Å². The Labute approximate surface area is 156 Å². The number of alkyl halides is 3. The maximum absolute atomic E-state index is 12.7. The van der Waals surface area contributed by atoms with E-state index < -0.39 is 29.2 Å². The van der Waals surface area contributed by atoms with Crippen molar-refractivity contribution < 1.29 is 27.6 Å². The first-order chi connectivity index (χ1) is 13.0. The Bertz CT molecular complexity index is 984. The minimum atomic E-state index is -4.56. The van der Waals surface area contributed by atoms with Crippen LogP contribution in [-0.4, -0.2) is 22.4 Å². The first-order valence-electron chi connectivity index (χ1n) is 7.70. The fraction of sp³-hybridized carbons (Fsp3) is 0.235. The molecule has 8 nitrogen and oxygen atoms in total. The molecule has 0 atom stereocenters. The number of carbonyl (C=O) groups is 1. The molecule has 1 aromatic carbocycles. The van der Waals surface area contributed by atoms with E-state index in [4.69, 9.17) is 4.74 Å². The van der Waals surface area contributed by atoms with Gasteiger partial charge in [-0.05, 0) is 32.0 Å². The summed E-state index contributed by atoms with van der Waals surface area (Å²) in [4.78, 5) is 26.2. The van der Waals surface area contributed by atoms with Crippen LogP contribution in [0.3, 0.4) is 0 Å². The highest BCUT2D eigenvalue weighted by Gasteiger charge is 2.30. The van der Waals surface area contributed by atoms with Gasteiger partial charge < -0.3 is 10.1 Å². The second kappa shape index (κ2) is 7.91. The number of carbonyl (C=O) groups excluding carboxylic acids is 1. The fourth-order valence-electron chi connectivity index (χ4n) is 2.42. The number of rotatable bonds is 5. The maximum Gasteiger partial charge on any atom is 0.416 e. The van der Waals surface area contributed by atoms with Crippen LogP contribution in [0.5, 0.6) is 5.88 Å².